The van der Waals surface area contributed by atoms with Gasteiger partial charge >= 0.3 is 0 Å². The molecule has 3 aromatic rings. The molecule has 2 aliphatic heterocycles. The van der Waals surface area contributed by atoms with Crippen LogP contribution in [0.25, 0.3) is 5.65 Å². The highest BCUT2D eigenvalue weighted by atomic mass is 16.5. The summed E-state index contributed by atoms with van der Waals surface area (Å²) in [6.07, 6.45) is 6.62. The monoisotopic (exact) mass is 434 g/mol. The summed E-state index contributed by atoms with van der Waals surface area (Å²) < 4.78 is 13.8. The van der Waals surface area contributed by atoms with Crippen LogP contribution >= 0.6 is 0 Å². The van der Waals surface area contributed by atoms with Crippen molar-refractivity contribution in [3.8, 4) is 5.75 Å². The van der Waals surface area contributed by atoms with Gasteiger partial charge in [-0.1, -0.05) is 18.2 Å². The fraction of sp³-hybridized carbons (Fsp3) is 0.440. The van der Waals surface area contributed by atoms with E-state index in [-0.39, 0.29) is 5.91 Å². The van der Waals surface area contributed by atoms with E-state index in [2.05, 4.69) is 9.88 Å². The van der Waals surface area contributed by atoms with E-state index in [9.17, 15) is 4.79 Å². The van der Waals surface area contributed by atoms with E-state index in [0.29, 0.717) is 24.0 Å². The molecule has 4 heterocycles. The van der Waals surface area contributed by atoms with Crippen molar-refractivity contribution < 1.29 is 14.3 Å². The van der Waals surface area contributed by atoms with Crippen molar-refractivity contribution in [3.05, 3.63) is 65.6 Å². The molecule has 0 saturated carbocycles. The van der Waals surface area contributed by atoms with Gasteiger partial charge in [-0.05, 0) is 43.5 Å². The van der Waals surface area contributed by atoms with Crippen molar-refractivity contribution >= 4 is 11.6 Å². The van der Waals surface area contributed by atoms with Gasteiger partial charge < -0.3 is 18.8 Å². The molecule has 168 valence electrons. The number of amides is 1. The molecular formula is C25H30N4O3. The Labute approximate surface area is 188 Å². The molecule has 0 unspecified atom stereocenters. The number of benzene rings is 1. The van der Waals surface area contributed by atoms with E-state index >= 15 is 0 Å². The highest BCUT2D eigenvalue weighted by molar-refractivity contribution is 5.97. The Balaban J connectivity index is 1.22. The van der Waals surface area contributed by atoms with Gasteiger partial charge in [0.05, 0.1) is 17.4 Å². The van der Waals surface area contributed by atoms with Gasteiger partial charge in [0.1, 0.15) is 18.0 Å². The molecule has 1 atom stereocenters. The third kappa shape index (κ3) is 4.49. The summed E-state index contributed by atoms with van der Waals surface area (Å²) >= 11 is 0. The lowest BCUT2D eigenvalue weighted by molar-refractivity contribution is 0.0430. The third-order valence-corrected chi connectivity index (χ3v) is 6.37. The van der Waals surface area contributed by atoms with Crippen molar-refractivity contribution in [3.63, 3.8) is 0 Å². The molecule has 7 heteroatoms. The number of hydrogen-bond acceptors (Lipinski definition) is 5. The Hall–Kier alpha value is -2.90. The molecular weight excluding hydrogens is 404 g/mol. The molecule has 32 heavy (non-hydrogen) atoms. The number of ether oxygens (including phenoxy) is 2. The molecule has 2 saturated heterocycles. The van der Waals surface area contributed by atoms with E-state index in [1.165, 1.54) is 0 Å². The number of nitrogens with zero attached hydrogens (tertiary/aromatic N) is 4. The van der Waals surface area contributed by atoms with Crippen molar-refractivity contribution in [2.24, 2.45) is 0 Å². The van der Waals surface area contributed by atoms with Gasteiger partial charge in [-0.25, -0.2) is 4.98 Å². The summed E-state index contributed by atoms with van der Waals surface area (Å²) in [6.45, 7) is 7.44. The molecule has 2 fully saturated rings. The van der Waals surface area contributed by atoms with E-state index < -0.39 is 0 Å². The smallest absolute Gasteiger partial charge is 0.257 e. The first kappa shape index (κ1) is 21.0. The van der Waals surface area contributed by atoms with Gasteiger partial charge in [0.2, 0.25) is 0 Å². The summed E-state index contributed by atoms with van der Waals surface area (Å²) in [5.41, 5.74) is 3.49. The summed E-state index contributed by atoms with van der Waals surface area (Å²) in [5, 5.41) is 0. The van der Waals surface area contributed by atoms with Crippen LogP contribution in [-0.2, 0) is 11.3 Å². The van der Waals surface area contributed by atoms with Crippen molar-refractivity contribution in [2.75, 3.05) is 39.3 Å². The maximum Gasteiger partial charge on any atom is 0.257 e. The van der Waals surface area contributed by atoms with Crippen molar-refractivity contribution in [1.82, 2.24) is 19.2 Å². The van der Waals surface area contributed by atoms with Gasteiger partial charge in [0.15, 0.2) is 0 Å². The number of aromatic nitrogens is 2. The van der Waals surface area contributed by atoms with Crippen molar-refractivity contribution in [2.45, 2.75) is 32.5 Å². The molecule has 0 N–H and O–H groups in total. The molecule has 5 rings (SSSR count). The number of para-hydroxylation sites is 1. The largest absolute Gasteiger partial charge is 0.486 e. The number of aryl methyl sites for hydroxylation is 1. The van der Waals surface area contributed by atoms with Crippen LogP contribution in [0.5, 0.6) is 5.75 Å². The molecule has 0 aliphatic carbocycles. The van der Waals surface area contributed by atoms with Crippen LogP contribution in [0.3, 0.4) is 0 Å². The molecule has 7 nitrogen and oxygen atoms in total. The first-order valence-corrected chi connectivity index (χ1v) is 11.5. The second-order valence-electron chi connectivity index (χ2n) is 8.67. The van der Waals surface area contributed by atoms with Gasteiger partial charge in [0.25, 0.3) is 5.91 Å². The first-order chi connectivity index (χ1) is 15.7. The highest BCUT2D eigenvalue weighted by Crippen LogP contribution is 2.23. The zero-order chi connectivity index (χ0) is 21.9. The molecule has 0 bridgehead atoms. The predicted molar refractivity (Wildman–Crippen MR) is 122 cm³/mol. The van der Waals surface area contributed by atoms with E-state index in [1.54, 1.807) is 0 Å². The third-order valence-electron chi connectivity index (χ3n) is 6.37. The Morgan fingerprint density at radius 3 is 2.78 bits per heavy atom. The standard InChI is InChI=1S/C25H30N4O3/c1-19-6-4-10-29-16-20(26-24(19)29)18-32-23-9-3-2-8-22(23)25(30)28-13-11-27(12-14-28)17-21-7-5-15-31-21/h2-4,6,8-10,16,21H,5,7,11-15,17-18H2,1H3/t21-/m1/s1. The van der Waals surface area contributed by atoms with Gasteiger partial charge in [-0.2, -0.15) is 0 Å². The zero-order valence-electron chi connectivity index (χ0n) is 18.6. The minimum Gasteiger partial charge on any atom is -0.486 e. The number of carbonyl (C=O) groups excluding carboxylic acids is 1. The number of rotatable bonds is 6. The molecule has 0 radical (unpaired) electrons. The summed E-state index contributed by atoms with van der Waals surface area (Å²) in [5.74, 6) is 0.635. The lowest BCUT2D eigenvalue weighted by atomic mass is 10.1. The summed E-state index contributed by atoms with van der Waals surface area (Å²) in [6, 6.07) is 11.6. The summed E-state index contributed by atoms with van der Waals surface area (Å²) in [4.78, 5) is 22.3. The Morgan fingerprint density at radius 2 is 2.00 bits per heavy atom. The van der Waals surface area contributed by atoms with Crippen LogP contribution in [0.15, 0.2) is 48.8 Å². The molecule has 1 aromatic carbocycles. The maximum atomic E-state index is 13.3. The van der Waals surface area contributed by atoms with Crippen LogP contribution in [0.1, 0.15) is 34.5 Å². The van der Waals surface area contributed by atoms with Crippen LogP contribution in [0.2, 0.25) is 0 Å². The topological polar surface area (TPSA) is 59.3 Å². The van der Waals surface area contributed by atoms with Gasteiger partial charge in [-0.3, -0.25) is 9.69 Å². The van der Waals surface area contributed by atoms with Crippen LogP contribution < -0.4 is 4.74 Å². The quantitative estimate of drug-likeness (QED) is 0.597. The Kier molecular flexibility index (Phi) is 6.10. The minimum absolute atomic E-state index is 0.0308. The number of piperazine rings is 1. The average Bonchev–Trinajstić information content (AvgIpc) is 3.48. The SMILES string of the molecule is Cc1cccn2cc(COc3ccccc3C(=O)N3CCN(C[C@H]4CCCO4)CC3)nc12. The van der Waals surface area contributed by atoms with E-state index in [1.807, 2.05) is 65.0 Å². The second kappa shape index (κ2) is 9.30. The van der Waals surface area contributed by atoms with Crippen molar-refractivity contribution in [1.29, 1.82) is 0 Å². The Bertz CT molecular complexity index is 1080. The molecule has 0 spiro atoms. The molecule has 1 amide bonds. The molecule has 2 aliphatic rings. The van der Waals surface area contributed by atoms with Crippen LogP contribution in [0.4, 0.5) is 0 Å². The minimum atomic E-state index is 0.0308. The highest BCUT2D eigenvalue weighted by Gasteiger charge is 2.26. The fourth-order valence-corrected chi connectivity index (χ4v) is 4.58. The number of hydrogen-bond donors (Lipinski definition) is 0. The molecule has 2 aromatic heterocycles. The fourth-order valence-electron chi connectivity index (χ4n) is 4.58. The Morgan fingerprint density at radius 1 is 1.16 bits per heavy atom. The van der Waals surface area contributed by atoms with Gasteiger partial charge in [-0.15, -0.1) is 0 Å². The van der Waals surface area contributed by atoms with Gasteiger partial charge in [0, 0.05) is 51.7 Å². The number of imidazole rings is 1. The maximum absolute atomic E-state index is 13.3. The number of pyridine rings is 1. The van der Waals surface area contributed by atoms with E-state index in [4.69, 9.17) is 9.47 Å². The van der Waals surface area contributed by atoms with E-state index in [0.717, 1.165) is 69.1 Å². The first-order valence-electron chi connectivity index (χ1n) is 11.5. The lowest BCUT2D eigenvalue weighted by Crippen LogP contribution is -2.50. The summed E-state index contributed by atoms with van der Waals surface area (Å²) in [7, 11) is 0. The van der Waals surface area contributed by atoms with Crippen LogP contribution in [0, 0.1) is 6.92 Å². The average molecular weight is 435 g/mol. The lowest BCUT2D eigenvalue weighted by Gasteiger charge is -2.35. The normalized spacial score (nSPS) is 19.5. The van der Waals surface area contributed by atoms with Crippen LogP contribution in [-0.4, -0.2) is 70.5 Å². The number of fused-ring (bicyclic) bond motifs is 1. The predicted octanol–water partition coefficient (Wildman–Crippen LogP) is 3.16. The number of carbonyl (C=O) groups is 1. The second-order valence-corrected chi connectivity index (χ2v) is 8.67. The zero-order valence-corrected chi connectivity index (χ0v) is 18.6.